The SMILES string of the molecule is CC(C)(C)N1CCC(n2cc(C(Nc3cc(Cl)c4ncc(C#N)c(Nc5cc(F)cc(F)c5)c4c3)c3ccc(Cl)cc3)nn2)CC1. The van der Waals surface area contributed by atoms with Gasteiger partial charge in [0.15, 0.2) is 0 Å². The first-order chi connectivity index (χ1) is 22.0. The first-order valence-corrected chi connectivity index (χ1v) is 15.7. The van der Waals surface area contributed by atoms with Gasteiger partial charge < -0.3 is 10.6 Å². The molecule has 0 saturated carbocycles. The zero-order valence-electron chi connectivity index (χ0n) is 25.5. The van der Waals surface area contributed by atoms with Crippen LogP contribution in [0.2, 0.25) is 10.0 Å². The number of benzene rings is 3. The minimum absolute atomic E-state index is 0.121. The lowest BCUT2D eigenvalue weighted by molar-refractivity contribution is 0.0866. The summed E-state index contributed by atoms with van der Waals surface area (Å²) in [5, 5.41) is 27.0. The maximum Gasteiger partial charge on any atom is 0.128 e. The first kappa shape index (κ1) is 31.7. The minimum Gasteiger partial charge on any atom is -0.373 e. The van der Waals surface area contributed by atoms with Gasteiger partial charge in [0.1, 0.15) is 23.4 Å². The Bertz CT molecular complexity index is 1900. The summed E-state index contributed by atoms with van der Waals surface area (Å²) in [5.74, 6) is -1.50. The van der Waals surface area contributed by atoms with Crippen molar-refractivity contribution < 1.29 is 8.78 Å². The van der Waals surface area contributed by atoms with Gasteiger partial charge in [-0.25, -0.2) is 13.5 Å². The van der Waals surface area contributed by atoms with Crippen molar-refractivity contribution >= 4 is 51.2 Å². The Morgan fingerprint density at radius 3 is 2.33 bits per heavy atom. The third-order valence-electron chi connectivity index (χ3n) is 8.30. The lowest BCUT2D eigenvalue weighted by Crippen LogP contribution is -2.46. The molecule has 2 N–H and O–H groups in total. The number of pyridine rings is 1. The van der Waals surface area contributed by atoms with Gasteiger partial charge in [0.2, 0.25) is 0 Å². The number of rotatable bonds is 7. The average Bonchev–Trinajstić information content (AvgIpc) is 3.50. The molecule has 1 aliphatic rings. The van der Waals surface area contributed by atoms with Gasteiger partial charge in [-0.2, -0.15) is 5.26 Å². The number of hydrogen-bond donors (Lipinski definition) is 2. The highest BCUT2D eigenvalue weighted by Crippen LogP contribution is 2.37. The van der Waals surface area contributed by atoms with Gasteiger partial charge in [-0.15, -0.1) is 5.10 Å². The molecule has 46 heavy (non-hydrogen) atoms. The quantitative estimate of drug-likeness (QED) is 0.180. The third kappa shape index (κ3) is 6.77. The number of nitrogens with one attached hydrogen (secondary N) is 2. The van der Waals surface area contributed by atoms with Crippen LogP contribution in [0.5, 0.6) is 0 Å². The van der Waals surface area contributed by atoms with Crippen molar-refractivity contribution in [2.45, 2.75) is 51.2 Å². The fourth-order valence-corrected chi connectivity index (χ4v) is 6.28. The Labute approximate surface area is 275 Å². The second-order valence-corrected chi connectivity index (χ2v) is 13.3. The summed E-state index contributed by atoms with van der Waals surface area (Å²) in [6.45, 7) is 8.67. The number of likely N-dealkylation sites (tertiary alicyclic amines) is 1. The van der Waals surface area contributed by atoms with Crippen molar-refractivity contribution in [1.82, 2.24) is 24.9 Å². The van der Waals surface area contributed by atoms with Crippen molar-refractivity contribution in [3.8, 4) is 6.07 Å². The van der Waals surface area contributed by atoms with E-state index in [1.807, 2.05) is 35.1 Å². The number of halogens is 4. The molecule has 1 atom stereocenters. The fourth-order valence-electron chi connectivity index (χ4n) is 5.88. The van der Waals surface area contributed by atoms with E-state index in [0.717, 1.165) is 49.7 Å². The number of aromatic nitrogens is 4. The Balaban J connectivity index is 1.36. The zero-order valence-corrected chi connectivity index (χ0v) is 27.0. The summed E-state index contributed by atoms with van der Waals surface area (Å²) in [4.78, 5) is 6.89. The smallest absolute Gasteiger partial charge is 0.128 e. The summed E-state index contributed by atoms with van der Waals surface area (Å²) in [7, 11) is 0. The number of hydrogen-bond acceptors (Lipinski definition) is 7. The number of fused-ring (bicyclic) bond motifs is 1. The van der Waals surface area contributed by atoms with Crippen LogP contribution in [0.3, 0.4) is 0 Å². The topological polar surface area (TPSA) is 94.7 Å². The average molecular weight is 662 g/mol. The number of anilines is 3. The van der Waals surface area contributed by atoms with Crippen molar-refractivity contribution in [3.63, 3.8) is 0 Å². The molecule has 0 aliphatic carbocycles. The van der Waals surface area contributed by atoms with E-state index < -0.39 is 17.7 Å². The molecular formula is C34H32Cl2F2N8. The Hall–Kier alpha value is -4.30. The van der Waals surface area contributed by atoms with Gasteiger partial charge in [-0.3, -0.25) is 9.88 Å². The normalized spacial score (nSPS) is 15.1. The second kappa shape index (κ2) is 12.8. The minimum atomic E-state index is -0.752. The van der Waals surface area contributed by atoms with E-state index in [1.165, 1.54) is 6.20 Å². The van der Waals surface area contributed by atoms with E-state index >= 15 is 0 Å². The number of piperidine rings is 1. The standard InChI is InChI=1S/C34H32Cl2F2N8/c1-34(2,3)45-10-8-27(9-11-45)46-19-30(43-44-46)32(20-4-6-22(35)7-5-20)42-26-15-28-31(41-25-13-23(37)12-24(38)14-25)21(17-39)18-40-33(28)29(36)16-26/h4-7,12-16,18-19,27,32,42H,8-11H2,1-3H3,(H,40,41). The molecule has 236 valence electrons. The van der Waals surface area contributed by atoms with Crippen LogP contribution in [0.15, 0.2) is 67.0 Å². The van der Waals surface area contributed by atoms with E-state index in [9.17, 15) is 14.0 Å². The van der Waals surface area contributed by atoms with Crippen molar-refractivity contribution in [2.75, 3.05) is 23.7 Å². The number of nitriles is 1. The lowest BCUT2D eigenvalue weighted by Gasteiger charge is -2.40. The second-order valence-electron chi connectivity index (χ2n) is 12.4. The van der Waals surface area contributed by atoms with Gasteiger partial charge in [-0.05, 0) is 75.6 Å². The van der Waals surface area contributed by atoms with Crippen LogP contribution in [0.25, 0.3) is 10.9 Å². The molecule has 1 unspecified atom stereocenters. The summed E-state index contributed by atoms with van der Waals surface area (Å²) in [6.07, 6.45) is 5.30. The molecule has 3 aromatic carbocycles. The van der Waals surface area contributed by atoms with Crippen molar-refractivity contribution in [3.05, 3.63) is 105 Å². The predicted octanol–water partition coefficient (Wildman–Crippen LogP) is 8.66. The molecule has 8 nitrogen and oxygen atoms in total. The Kier molecular flexibility index (Phi) is 8.84. The summed E-state index contributed by atoms with van der Waals surface area (Å²) in [6, 6.07) is 16.0. The third-order valence-corrected chi connectivity index (χ3v) is 8.84. The van der Waals surface area contributed by atoms with Crippen LogP contribution in [0.1, 0.15) is 62.5 Å². The van der Waals surface area contributed by atoms with Crippen LogP contribution >= 0.6 is 23.2 Å². The van der Waals surface area contributed by atoms with E-state index in [2.05, 4.69) is 57.7 Å². The fraction of sp³-hybridized carbons (Fsp3) is 0.294. The van der Waals surface area contributed by atoms with Gasteiger partial charge in [0, 0.05) is 52.7 Å². The number of nitrogens with zero attached hydrogens (tertiary/aromatic N) is 6. The Morgan fingerprint density at radius 1 is 0.978 bits per heavy atom. The van der Waals surface area contributed by atoms with Crippen LogP contribution < -0.4 is 10.6 Å². The largest absolute Gasteiger partial charge is 0.373 e. The monoisotopic (exact) mass is 660 g/mol. The van der Waals surface area contributed by atoms with Crippen LogP contribution in [-0.2, 0) is 0 Å². The van der Waals surface area contributed by atoms with E-state index in [0.29, 0.717) is 38.0 Å². The van der Waals surface area contributed by atoms with E-state index in [1.54, 1.807) is 12.1 Å². The Morgan fingerprint density at radius 2 is 1.67 bits per heavy atom. The highest BCUT2D eigenvalue weighted by molar-refractivity contribution is 6.36. The molecule has 1 fully saturated rings. The molecular weight excluding hydrogens is 629 g/mol. The highest BCUT2D eigenvalue weighted by Gasteiger charge is 2.29. The lowest BCUT2D eigenvalue weighted by atomic mass is 9.98. The van der Waals surface area contributed by atoms with Gasteiger partial charge in [-0.1, -0.05) is 40.5 Å². The summed E-state index contributed by atoms with van der Waals surface area (Å²) >= 11 is 13.0. The van der Waals surface area contributed by atoms with Gasteiger partial charge >= 0.3 is 0 Å². The van der Waals surface area contributed by atoms with Crippen molar-refractivity contribution in [1.29, 1.82) is 5.26 Å². The molecule has 0 bridgehead atoms. The molecule has 0 spiro atoms. The highest BCUT2D eigenvalue weighted by atomic mass is 35.5. The maximum atomic E-state index is 14.0. The summed E-state index contributed by atoms with van der Waals surface area (Å²) < 4.78 is 30.0. The van der Waals surface area contributed by atoms with Crippen LogP contribution in [0, 0.1) is 23.0 Å². The van der Waals surface area contributed by atoms with E-state index in [-0.39, 0.29) is 22.8 Å². The maximum absolute atomic E-state index is 14.0. The van der Waals surface area contributed by atoms with Crippen molar-refractivity contribution in [2.24, 2.45) is 0 Å². The van der Waals surface area contributed by atoms with Gasteiger partial charge in [0.25, 0.3) is 0 Å². The molecule has 0 amide bonds. The van der Waals surface area contributed by atoms with Crippen LogP contribution in [0.4, 0.5) is 25.8 Å². The molecule has 6 rings (SSSR count). The molecule has 5 aromatic rings. The molecule has 12 heteroatoms. The first-order valence-electron chi connectivity index (χ1n) is 14.9. The van der Waals surface area contributed by atoms with Gasteiger partial charge in [0.05, 0.1) is 40.1 Å². The predicted molar refractivity (Wildman–Crippen MR) is 178 cm³/mol. The molecule has 0 radical (unpaired) electrons. The summed E-state index contributed by atoms with van der Waals surface area (Å²) in [5.41, 5.74) is 3.38. The molecule has 3 heterocycles. The zero-order chi connectivity index (χ0) is 32.6. The molecule has 1 aliphatic heterocycles. The van der Waals surface area contributed by atoms with E-state index in [4.69, 9.17) is 23.2 Å². The van der Waals surface area contributed by atoms with Crippen LogP contribution in [-0.4, -0.2) is 43.5 Å². The molecule has 2 aromatic heterocycles. The molecule has 1 saturated heterocycles.